The number of anilines is 1. The zero-order chi connectivity index (χ0) is 15.5. The van der Waals surface area contributed by atoms with Crippen molar-refractivity contribution in [3.8, 4) is 5.69 Å². The second-order valence-corrected chi connectivity index (χ2v) is 5.27. The summed E-state index contributed by atoms with van der Waals surface area (Å²) >= 11 is 0. The summed E-state index contributed by atoms with van der Waals surface area (Å²) in [6.45, 7) is 4.08. The topological polar surface area (TPSA) is 46.9 Å². The molecule has 2 aromatic carbocycles. The molecule has 0 unspecified atom stereocenters. The fraction of sp³-hybridized carbons (Fsp3) is 0.111. The van der Waals surface area contributed by atoms with Crippen molar-refractivity contribution in [2.24, 2.45) is 0 Å². The number of rotatable bonds is 3. The van der Waals surface area contributed by atoms with Gasteiger partial charge in [-0.05, 0) is 61.4 Å². The Kier molecular flexibility index (Phi) is 3.74. The van der Waals surface area contributed by atoms with Crippen molar-refractivity contribution in [3.63, 3.8) is 0 Å². The molecular weight excluding hydrogens is 274 g/mol. The van der Waals surface area contributed by atoms with Crippen molar-refractivity contribution >= 4 is 11.6 Å². The second kappa shape index (κ2) is 5.85. The van der Waals surface area contributed by atoms with Crippen molar-refractivity contribution in [2.45, 2.75) is 13.8 Å². The molecule has 0 aliphatic rings. The standard InChI is InChI=1S/C18H17N3O/c1-13-3-6-16(11-14(13)2)20-18(22)15-4-7-17(8-5-15)21-10-9-19-12-21/h3-12H,1-2H3,(H,20,22). The average molecular weight is 291 g/mol. The molecule has 1 N–H and O–H groups in total. The highest BCUT2D eigenvalue weighted by molar-refractivity contribution is 6.04. The van der Waals surface area contributed by atoms with Gasteiger partial charge in [-0.25, -0.2) is 4.98 Å². The zero-order valence-corrected chi connectivity index (χ0v) is 12.6. The van der Waals surface area contributed by atoms with Gasteiger partial charge < -0.3 is 9.88 Å². The van der Waals surface area contributed by atoms with Crippen LogP contribution >= 0.6 is 0 Å². The molecule has 0 bridgehead atoms. The van der Waals surface area contributed by atoms with Crippen LogP contribution in [0.1, 0.15) is 21.5 Å². The lowest BCUT2D eigenvalue weighted by Crippen LogP contribution is -2.12. The number of aromatic nitrogens is 2. The predicted molar refractivity (Wildman–Crippen MR) is 87.4 cm³/mol. The number of benzene rings is 2. The van der Waals surface area contributed by atoms with Crippen molar-refractivity contribution < 1.29 is 4.79 Å². The van der Waals surface area contributed by atoms with E-state index >= 15 is 0 Å². The van der Waals surface area contributed by atoms with Gasteiger partial charge in [0.15, 0.2) is 0 Å². The summed E-state index contributed by atoms with van der Waals surface area (Å²) in [5.41, 5.74) is 4.78. The predicted octanol–water partition coefficient (Wildman–Crippen LogP) is 3.74. The maximum absolute atomic E-state index is 12.3. The van der Waals surface area contributed by atoms with Crippen LogP contribution < -0.4 is 5.32 Å². The number of aryl methyl sites for hydroxylation is 2. The average Bonchev–Trinajstić information content (AvgIpc) is 3.05. The fourth-order valence-electron chi connectivity index (χ4n) is 2.22. The minimum Gasteiger partial charge on any atom is -0.322 e. The van der Waals surface area contributed by atoms with E-state index in [-0.39, 0.29) is 5.91 Å². The molecule has 1 heterocycles. The van der Waals surface area contributed by atoms with Crippen LogP contribution in [-0.2, 0) is 0 Å². The SMILES string of the molecule is Cc1ccc(NC(=O)c2ccc(-n3ccnc3)cc2)cc1C. The minimum absolute atomic E-state index is 0.111. The highest BCUT2D eigenvalue weighted by Gasteiger charge is 2.07. The summed E-state index contributed by atoms with van der Waals surface area (Å²) in [4.78, 5) is 16.3. The van der Waals surface area contributed by atoms with E-state index in [1.54, 1.807) is 12.5 Å². The van der Waals surface area contributed by atoms with Crippen molar-refractivity contribution in [1.82, 2.24) is 9.55 Å². The lowest BCUT2D eigenvalue weighted by Gasteiger charge is -2.08. The summed E-state index contributed by atoms with van der Waals surface area (Å²) in [5, 5.41) is 2.92. The molecular formula is C18H17N3O. The van der Waals surface area contributed by atoms with Gasteiger partial charge in [0.2, 0.25) is 0 Å². The van der Waals surface area contributed by atoms with E-state index in [0.717, 1.165) is 16.9 Å². The third-order valence-corrected chi connectivity index (χ3v) is 3.70. The molecule has 1 aromatic heterocycles. The van der Waals surface area contributed by atoms with Gasteiger partial charge in [-0.2, -0.15) is 0 Å². The third-order valence-electron chi connectivity index (χ3n) is 3.70. The molecule has 0 aliphatic carbocycles. The molecule has 0 radical (unpaired) electrons. The second-order valence-electron chi connectivity index (χ2n) is 5.27. The first-order valence-electron chi connectivity index (χ1n) is 7.10. The molecule has 0 saturated carbocycles. The highest BCUT2D eigenvalue weighted by Crippen LogP contribution is 2.16. The van der Waals surface area contributed by atoms with Gasteiger partial charge >= 0.3 is 0 Å². The quantitative estimate of drug-likeness (QED) is 0.799. The van der Waals surface area contributed by atoms with Crippen LogP contribution in [0.3, 0.4) is 0 Å². The van der Waals surface area contributed by atoms with E-state index in [4.69, 9.17) is 0 Å². The third kappa shape index (κ3) is 2.91. The number of carbonyl (C=O) groups is 1. The van der Waals surface area contributed by atoms with Crippen molar-refractivity contribution in [2.75, 3.05) is 5.32 Å². The van der Waals surface area contributed by atoms with E-state index in [0.29, 0.717) is 5.56 Å². The fourth-order valence-corrected chi connectivity index (χ4v) is 2.22. The maximum Gasteiger partial charge on any atom is 0.255 e. The van der Waals surface area contributed by atoms with Crippen LogP contribution in [-0.4, -0.2) is 15.5 Å². The first-order chi connectivity index (χ1) is 10.6. The molecule has 110 valence electrons. The Labute approximate surface area is 129 Å². The van der Waals surface area contributed by atoms with Gasteiger partial charge in [0, 0.05) is 29.3 Å². The summed E-state index contributed by atoms with van der Waals surface area (Å²) in [6.07, 6.45) is 5.31. The molecule has 4 heteroatoms. The minimum atomic E-state index is -0.111. The first kappa shape index (κ1) is 14.1. The van der Waals surface area contributed by atoms with E-state index in [2.05, 4.69) is 17.2 Å². The van der Waals surface area contributed by atoms with E-state index in [1.165, 1.54) is 5.56 Å². The normalized spacial score (nSPS) is 10.5. The summed E-state index contributed by atoms with van der Waals surface area (Å²) in [7, 11) is 0. The summed E-state index contributed by atoms with van der Waals surface area (Å²) in [6, 6.07) is 13.3. The molecule has 0 spiro atoms. The van der Waals surface area contributed by atoms with Gasteiger partial charge in [-0.3, -0.25) is 4.79 Å². The van der Waals surface area contributed by atoms with Crippen LogP contribution in [0.4, 0.5) is 5.69 Å². The number of amides is 1. The lowest BCUT2D eigenvalue weighted by atomic mass is 10.1. The van der Waals surface area contributed by atoms with E-state index in [9.17, 15) is 4.79 Å². The number of imidazole rings is 1. The number of nitrogens with zero attached hydrogens (tertiary/aromatic N) is 2. The summed E-state index contributed by atoms with van der Waals surface area (Å²) < 4.78 is 1.89. The lowest BCUT2D eigenvalue weighted by molar-refractivity contribution is 0.102. The molecule has 0 saturated heterocycles. The van der Waals surface area contributed by atoms with E-state index < -0.39 is 0 Å². The van der Waals surface area contributed by atoms with Crippen LogP contribution in [0, 0.1) is 13.8 Å². The van der Waals surface area contributed by atoms with Gasteiger partial charge in [0.25, 0.3) is 5.91 Å². The Bertz CT molecular complexity index is 790. The smallest absolute Gasteiger partial charge is 0.255 e. The molecule has 0 aliphatic heterocycles. The molecule has 3 aromatic rings. The Morgan fingerprint density at radius 3 is 2.45 bits per heavy atom. The number of hydrogen-bond acceptors (Lipinski definition) is 2. The van der Waals surface area contributed by atoms with Crippen molar-refractivity contribution in [1.29, 1.82) is 0 Å². The molecule has 4 nitrogen and oxygen atoms in total. The molecule has 0 fully saturated rings. The van der Waals surface area contributed by atoms with Crippen molar-refractivity contribution in [3.05, 3.63) is 77.9 Å². The van der Waals surface area contributed by atoms with Gasteiger partial charge in [0.1, 0.15) is 0 Å². The van der Waals surface area contributed by atoms with Gasteiger partial charge in [0.05, 0.1) is 6.33 Å². The Balaban J connectivity index is 1.76. The zero-order valence-electron chi connectivity index (χ0n) is 12.6. The highest BCUT2D eigenvalue weighted by atomic mass is 16.1. The molecule has 1 amide bonds. The number of nitrogens with one attached hydrogen (secondary N) is 1. The first-order valence-corrected chi connectivity index (χ1v) is 7.10. The van der Waals surface area contributed by atoms with Crippen LogP contribution in [0.2, 0.25) is 0 Å². The molecule has 22 heavy (non-hydrogen) atoms. The number of carbonyl (C=O) groups excluding carboxylic acids is 1. The summed E-state index contributed by atoms with van der Waals surface area (Å²) in [5.74, 6) is -0.111. The number of hydrogen-bond donors (Lipinski definition) is 1. The molecule has 3 rings (SSSR count). The Morgan fingerprint density at radius 1 is 1.05 bits per heavy atom. The maximum atomic E-state index is 12.3. The van der Waals surface area contributed by atoms with Gasteiger partial charge in [-0.15, -0.1) is 0 Å². The Hall–Kier alpha value is -2.88. The largest absolute Gasteiger partial charge is 0.322 e. The van der Waals surface area contributed by atoms with Crippen LogP contribution in [0.25, 0.3) is 5.69 Å². The van der Waals surface area contributed by atoms with E-state index in [1.807, 2.05) is 60.2 Å². The monoisotopic (exact) mass is 291 g/mol. The van der Waals surface area contributed by atoms with Crippen LogP contribution in [0.15, 0.2) is 61.2 Å². The molecule has 0 atom stereocenters. The van der Waals surface area contributed by atoms with Crippen LogP contribution in [0.5, 0.6) is 0 Å². The Morgan fingerprint density at radius 2 is 1.82 bits per heavy atom. The van der Waals surface area contributed by atoms with Gasteiger partial charge in [-0.1, -0.05) is 6.07 Å².